The lowest BCUT2D eigenvalue weighted by Crippen LogP contribution is -2.50. The van der Waals surface area contributed by atoms with Gasteiger partial charge in [-0.25, -0.2) is 0 Å². The summed E-state index contributed by atoms with van der Waals surface area (Å²) in [6.45, 7) is 5.40. The Bertz CT molecular complexity index is 197. The highest BCUT2D eigenvalue weighted by atomic mass is 127. The molecule has 0 rings (SSSR count). The van der Waals surface area contributed by atoms with Gasteiger partial charge in [0.25, 0.3) is 0 Å². The van der Waals surface area contributed by atoms with Gasteiger partial charge in [-0.1, -0.05) is 42.9 Å². The highest BCUT2D eigenvalue weighted by Gasteiger charge is 2.23. The number of hydrogen-bond acceptors (Lipinski definition) is 4. The summed E-state index contributed by atoms with van der Waals surface area (Å²) in [7, 11) is 0.271. The van der Waals surface area contributed by atoms with E-state index in [2.05, 4.69) is 41.8 Å². The molecule has 0 saturated carbocycles. The minimum atomic E-state index is -0.0296. The number of rotatable bonds is 11. The molecule has 0 aliphatic rings. The van der Waals surface area contributed by atoms with Gasteiger partial charge in [-0.3, -0.25) is 0 Å². The van der Waals surface area contributed by atoms with Crippen LogP contribution in [0.4, 0.5) is 0 Å². The second kappa shape index (κ2) is 11.8. The smallest absolute Gasteiger partial charge is 0.0594 e. The standard InChI is InChI=1S/C12H30IN4P/c1-3-5-10(12(15)18-16)11(14)17-8-9(2)6-4-7-13/h9-12,17-18H,3-8,14-16H2,1-2H3/t9-,10?,11?,12?/m1/s1. The normalized spacial score (nSPS) is 19.0. The second-order valence-corrected chi connectivity index (χ2v) is 7.09. The topological polar surface area (TPSA) is 90.1 Å². The lowest BCUT2D eigenvalue weighted by atomic mass is 9.99. The number of nitrogens with one attached hydrogen (secondary N) is 1. The van der Waals surface area contributed by atoms with Gasteiger partial charge >= 0.3 is 0 Å². The minimum absolute atomic E-state index is 0.0251. The van der Waals surface area contributed by atoms with Crippen molar-refractivity contribution in [3.05, 3.63) is 0 Å². The van der Waals surface area contributed by atoms with Crippen LogP contribution in [0.1, 0.15) is 39.5 Å². The fraction of sp³-hybridized carbons (Fsp3) is 1.00. The van der Waals surface area contributed by atoms with Crippen molar-refractivity contribution in [3.8, 4) is 0 Å². The molecular formula is C12H30IN4P. The first-order valence-electron chi connectivity index (χ1n) is 6.83. The van der Waals surface area contributed by atoms with Crippen molar-refractivity contribution in [3.63, 3.8) is 0 Å². The summed E-state index contributed by atoms with van der Waals surface area (Å²) < 4.78 is 1.23. The third-order valence-corrected chi connectivity index (χ3v) is 4.85. The first-order valence-corrected chi connectivity index (χ1v) is 9.51. The largest absolute Gasteiger partial charge is 0.323 e. The van der Waals surface area contributed by atoms with Crippen molar-refractivity contribution in [2.75, 3.05) is 11.0 Å². The van der Waals surface area contributed by atoms with Gasteiger partial charge in [-0.15, -0.1) is 0 Å². The molecule has 0 aliphatic heterocycles. The Morgan fingerprint density at radius 1 is 1.28 bits per heavy atom. The van der Waals surface area contributed by atoms with Crippen LogP contribution in [-0.4, -0.2) is 22.9 Å². The van der Waals surface area contributed by atoms with Crippen LogP contribution in [0, 0.1) is 11.8 Å². The van der Waals surface area contributed by atoms with Crippen molar-refractivity contribution < 1.29 is 0 Å². The molecule has 4 nitrogen and oxygen atoms in total. The quantitative estimate of drug-likeness (QED) is 0.189. The van der Waals surface area contributed by atoms with Gasteiger partial charge in [0.15, 0.2) is 0 Å². The van der Waals surface area contributed by atoms with Gasteiger partial charge in [-0.05, 0) is 44.9 Å². The molecule has 6 heteroatoms. The third kappa shape index (κ3) is 8.23. The van der Waals surface area contributed by atoms with Crippen LogP contribution in [0.3, 0.4) is 0 Å². The van der Waals surface area contributed by atoms with Crippen LogP contribution in [0.2, 0.25) is 0 Å². The van der Waals surface area contributed by atoms with Crippen molar-refractivity contribution in [2.45, 2.75) is 51.5 Å². The Hall–Kier alpha value is 1.00. The molecule has 0 heterocycles. The molecule has 0 aromatic rings. The molecule has 0 spiro atoms. The molecule has 4 unspecified atom stereocenters. The molecule has 18 heavy (non-hydrogen) atoms. The molecule has 110 valence electrons. The van der Waals surface area contributed by atoms with E-state index in [4.69, 9.17) is 17.0 Å². The number of hydrogen-bond donors (Lipinski definition) is 4. The van der Waals surface area contributed by atoms with Crippen molar-refractivity contribution in [1.82, 2.24) is 5.32 Å². The molecule has 7 N–H and O–H groups in total. The first kappa shape index (κ1) is 19.0. The van der Waals surface area contributed by atoms with E-state index in [1.54, 1.807) is 0 Å². The summed E-state index contributed by atoms with van der Waals surface area (Å²) in [6, 6.07) is 0. The molecule has 0 aliphatic carbocycles. The van der Waals surface area contributed by atoms with Crippen LogP contribution < -0.4 is 22.3 Å². The Morgan fingerprint density at radius 3 is 2.44 bits per heavy atom. The molecular weight excluding hydrogens is 358 g/mol. The summed E-state index contributed by atoms with van der Waals surface area (Å²) >= 11 is 2.42. The van der Waals surface area contributed by atoms with E-state index < -0.39 is 0 Å². The Labute approximate surface area is 128 Å². The molecule has 0 aromatic carbocycles. The molecule has 0 amide bonds. The minimum Gasteiger partial charge on any atom is -0.323 e. The Morgan fingerprint density at radius 2 is 1.94 bits per heavy atom. The monoisotopic (exact) mass is 388 g/mol. The maximum Gasteiger partial charge on any atom is 0.0594 e. The number of alkyl halides is 1. The lowest BCUT2D eigenvalue weighted by molar-refractivity contribution is 0.311. The number of halogens is 1. The van der Waals surface area contributed by atoms with Gasteiger partial charge in [0.2, 0.25) is 0 Å². The van der Waals surface area contributed by atoms with Gasteiger partial charge in [0, 0.05) is 11.7 Å². The maximum absolute atomic E-state index is 6.21. The molecule has 0 fully saturated rings. The van der Waals surface area contributed by atoms with E-state index in [-0.39, 0.29) is 26.6 Å². The van der Waals surface area contributed by atoms with Crippen molar-refractivity contribution in [1.29, 1.82) is 0 Å². The lowest BCUT2D eigenvalue weighted by Gasteiger charge is -2.29. The third-order valence-electron chi connectivity index (χ3n) is 3.27. The van der Waals surface area contributed by atoms with Gasteiger partial charge in [0.1, 0.15) is 0 Å². The second-order valence-electron chi connectivity index (χ2n) is 5.02. The molecule has 0 saturated heterocycles. The fourth-order valence-corrected chi connectivity index (χ4v) is 3.12. The summed E-state index contributed by atoms with van der Waals surface area (Å²) in [5, 5.41) is 3.44. The molecule has 0 bridgehead atoms. The van der Waals surface area contributed by atoms with Crippen LogP contribution in [0.15, 0.2) is 0 Å². The van der Waals surface area contributed by atoms with Gasteiger partial charge < -0.3 is 22.3 Å². The highest BCUT2D eigenvalue weighted by Crippen LogP contribution is 2.21. The summed E-state index contributed by atoms with van der Waals surface area (Å²) in [5.41, 5.74) is 18.0. The van der Waals surface area contributed by atoms with E-state index in [0.29, 0.717) is 5.92 Å². The zero-order valence-corrected chi connectivity index (χ0v) is 14.8. The average molecular weight is 388 g/mol. The fourth-order valence-electron chi connectivity index (χ4n) is 2.06. The maximum atomic E-state index is 6.21. The zero-order chi connectivity index (χ0) is 14.0. The predicted octanol–water partition coefficient (Wildman–Crippen LogP) is 1.97. The zero-order valence-electron chi connectivity index (χ0n) is 11.7. The van der Waals surface area contributed by atoms with Crippen molar-refractivity contribution in [2.24, 2.45) is 28.8 Å². The van der Waals surface area contributed by atoms with Crippen molar-refractivity contribution >= 4 is 31.3 Å². The van der Waals surface area contributed by atoms with E-state index in [0.717, 1.165) is 19.4 Å². The summed E-state index contributed by atoms with van der Waals surface area (Å²) in [6.07, 6.45) is 4.65. The summed E-state index contributed by atoms with van der Waals surface area (Å²) in [4.78, 5) is 0. The van der Waals surface area contributed by atoms with E-state index in [1.807, 2.05) is 0 Å². The van der Waals surface area contributed by atoms with Crippen LogP contribution in [0.25, 0.3) is 0 Å². The van der Waals surface area contributed by atoms with Gasteiger partial charge in [-0.2, -0.15) is 0 Å². The molecule has 0 radical (unpaired) electrons. The average Bonchev–Trinajstić information content (AvgIpc) is 2.38. The van der Waals surface area contributed by atoms with E-state index in [9.17, 15) is 0 Å². The van der Waals surface area contributed by atoms with Crippen LogP contribution >= 0.6 is 31.3 Å². The first-order chi connectivity index (χ1) is 8.56. The molecule has 0 aromatic heterocycles. The van der Waals surface area contributed by atoms with Crippen LogP contribution in [0.5, 0.6) is 0 Å². The molecule has 5 atom stereocenters. The SMILES string of the molecule is CCCC(C(N)NC[C@H](C)CCCI)C(N)PN. The number of nitrogens with two attached hydrogens (primary N) is 3. The van der Waals surface area contributed by atoms with Crippen LogP contribution in [-0.2, 0) is 0 Å². The highest BCUT2D eigenvalue weighted by molar-refractivity contribution is 14.1. The van der Waals surface area contributed by atoms with Gasteiger partial charge in [0.05, 0.1) is 6.17 Å². The summed E-state index contributed by atoms with van der Waals surface area (Å²) in [5.74, 6) is 0.983. The van der Waals surface area contributed by atoms with E-state index in [1.165, 1.54) is 17.3 Å². The predicted molar refractivity (Wildman–Crippen MR) is 92.1 cm³/mol. The Kier molecular flexibility index (Phi) is 12.5. The Balaban J connectivity index is 4.04. The van der Waals surface area contributed by atoms with E-state index >= 15 is 0 Å².